The monoisotopic (exact) mass is 478 g/mol. The molecule has 5 nitrogen and oxygen atoms in total. The van der Waals surface area contributed by atoms with Gasteiger partial charge in [0.25, 0.3) is 0 Å². The maximum absolute atomic E-state index is 13.1. The number of aliphatic imine (C=N–C) groups is 1. The van der Waals surface area contributed by atoms with E-state index in [4.69, 9.17) is 4.74 Å². The first-order chi connectivity index (χ1) is 11.6. The summed E-state index contributed by atoms with van der Waals surface area (Å²) in [5, 5.41) is 9.59. The zero-order valence-electron chi connectivity index (χ0n) is 14.6. The minimum Gasteiger partial charge on any atom is -0.489 e. The fourth-order valence-corrected chi connectivity index (χ4v) is 2.79. The van der Waals surface area contributed by atoms with Crippen LogP contribution in [0, 0.1) is 5.82 Å². The molecule has 1 aromatic carbocycles. The summed E-state index contributed by atoms with van der Waals surface area (Å²) in [6.45, 7) is 5.18. The van der Waals surface area contributed by atoms with Crippen molar-refractivity contribution in [3.05, 3.63) is 46.2 Å². The molecular weight excluding hydrogens is 454 g/mol. The first kappa shape index (κ1) is 21.6. The van der Waals surface area contributed by atoms with Gasteiger partial charge in [-0.3, -0.25) is 4.99 Å². The number of aryl methyl sites for hydroxylation is 1. The Kier molecular flexibility index (Phi) is 9.73. The highest BCUT2D eigenvalue weighted by Crippen LogP contribution is 2.13. The fourth-order valence-electron chi connectivity index (χ4n) is 2.04. The van der Waals surface area contributed by atoms with E-state index in [0.29, 0.717) is 24.8 Å². The molecule has 0 spiro atoms. The maximum Gasteiger partial charge on any atom is 0.191 e. The molecule has 2 rings (SSSR count). The van der Waals surface area contributed by atoms with E-state index in [9.17, 15) is 4.39 Å². The molecule has 1 heterocycles. The van der Waals surface area contributed by atoms with E-state index in [-0.39, 0.29) is 35.9 Å². The summed E-state index contributed by atoms with van der Waals surface area (Å²) in [6, 6.07) is 6.13. The fraction of sp³-hybridized carbons (Fsp3) is 0.412. The number of nitrogens with zero attached hydrogens (tertiary/aromatic N) is 2. The first-order valence-electron chi connectivity index (χ1n) is 7.90. The Morgan fingerprint density at radius 2 is 2.20 bits per heavy atom. The van der Waals surface area contributed by atoms with Gasteiger partial charge in [0.15, 0.2) is 5.96 Å². The third-order valence-electron chi connectivity index (χ3n) is 3.25. The summed E-state index contributed by atoms with van der Waals surface area (Å²) in [7, 11) is 1.71. The molecule has 0 radical (unpaired) electrons. The number of ether oxygens (including phenoxy) is 1. The third-order valence-corrected chi connectivity index (χ3v) is 4.29. The maximum atomic E-state index is 13.1. The second kappa shape index (κ2) is 11.2. The van der Waals surface area contributed by atoms with E-state index >= 15 is 0 Å². The lowest BCUT2D eigenvalue weighted by molar-refractivity contribution is 0.223. The van der Waals surface area contributed by atoms with Crippen LogP contribution in [0.2, 0.25) is 0 Å². The summed E-state index contributed by atoms with van der Waals surface area (Å²) in [6.07, 6.45) is 0.823. The van der Waals surface area contributed by atoms with Gasteiger partial charge in [-0.05, 0) is 25.5 Å². The molecule has 0 fully saturated rings. The molecule has 0 saturated heterocycles. The predicted octanol–water partition coefficient (Wildman–Crippen LogP) is 3.60. The third kappa shape index (κ3) is 7.55. The van der Waals surface area contributed by atoms with Crippen molar-refractivity contribution < 1.29 is 9.13 Å². The Bertz CT molecular complexity index is 680. The summed E-state index contributed by atoms with van der Waals surface area (Å²) in [5.74, 6) is 0.886. The van der Waals surface area contributed by atoms with Gasteiger partial charge in [0, 0.05) is 18.5 Å². The predicted molar refractivity (Wildman–Crippen MR) is 112 cm³/mol. The van der Waals surface area contributed by atoms with Crippen molar-refractivity contribution in [3.63, 3.8) is 0 Å². The number of hydrogen-bond acceptors (Lipinski definition) is 4. The van der Waals surface area contributed by atoms with Gasteiger partial charge in [-0.25, -0.2) is 9.37 Å². The van der Waals surface area contributed by atoms with Gasteiger partial charge in [0.2, 0.25) is 0 Å². The normalized spacial score (nSPS) is 12.2. The van der Waals surface area contributed by atoms with E-state index in [1.165, 1.54) is 12.1 Å². The van der Waals surface area contributed by atoms with Gasteiger partial charge in [-0.15, -0.1) is 35.3 Å². The summed E-state index contributed by atoms with van der Waals surface area (Å²) in [5.41, 5.74) is 1.00. The lowest BCUT2D eigenvalue weighted by atomic mass is 10.3. The van der Waals surface area contributed by atoms with E-state index in [0.717, 1.165) is 17.1 Å². The van der Waals surface area contributed by atoms with Crippen LogP contribution in [0.1, 0.15) is 24.5 Å². The van der Waals surface area contributed by atoms with Crippen LogP contribution in [0.4, 0.5) is 4.39 Å². The van der Waals surface area contributed by atoms with Gasteiger partial charge in [0.1, 0.15) is 17.7 Å². The van der Waals surface area contributed by atoms with Gasteiger partial charge < -0.3 is 15.4 Å². The van der Waals surface area contributed by atoms with E-state index in [2.05, 4.69) is 32.9 Å². The van der Waals surface area contributed by atoms with Crippen molar-refractivity contribution >= 4 is 41.3 Å². The molecule has 138 valence electrons. The lowest BCUT2D eigenvalue weighted by Crippen LogP contribution is -2.41. The van der Waals surface area contributed by atoms with E-state index in [1.807, 2.05) is 6.92 Å². The minimum atomic E-state index is -0.306. The van der Waals surface area contributed by atoms with Crippen molar-refractivity contribution in [1.82, 2.24) is 15.6 Å². The number of thiazole rings is 1. The molecule has 0 saturated carbocycles. The Morgan fingerprint density at radius 3 is 2.84 bits per heavy atom. The average molecular weight is 478 g/mol. The highest BCUT2D eigenvalue weighted by molar-refractivity contribution is 14.0. The van der Waals surface area contributed by atoms with E-state index in [1.54, 1.807) is 30.5 Å². The summed E-state index contributed by atoms with van der Waals surface area (Å²) >= 11 is 1.67. The molecule has 2 N–H and O–H groups in total. The molecule has 0 aliphatic carbocycles. The van der Waals surface area contributed by atoms with Crippen molar-refractivity contribution in [3.8, 4) is 5.75 Å². The molecule has 0 amide bonds. The zero-order valence-corrected chi connectivity index (χ0v) is 17.7. The molecule has 0 aliphatic heterocycles. The SMILES string of the molecule is CCc1nc(CNC(=NC)NCC(C)Oc2cccc(F)c2)cs1.I. The van der Waals surface area contributed by atoms with Crippen molar-refractivity contribution in [2.45, 2.75) is 32.9 Å². The molecule has 8 heteroatoms. The van der Waals surface area contributed by atoms with Gasteiger partial charge in [0.05, 0.1) is 23.8 Å². The van der Waals surface area contributed by atoms with Crippen LogP contribution < -0.4 is 15.4 Å². The van der Waals surface area contributed by atoms with Crippen LogP contribution in [0.3, 0.4) is 0 Å². The van der Waals surface area contributed by atoms with Crippen molar-refractivity contribution in [1.29, 1.82) is 0 Å². The van der Waals surface area contributed by atoms with Gasteiger partial charge >= 0.3 is 0 Å². The molecule has 1 unspecified atom stereocenters. The quantitative estimate of drug-likeness (QED) is 0.363. The smallest absolute Gasteiger partial charge is 0.191 e. The molecule has 0 bridgehead atoms. The highest BCUT2D eigenvalue weighted by atomic mass is 127. The second-order valence-corrected chi connectivity index (χ2v) is 6.22. The number of rotatable bonds is 7. The largest absolute Gasteiger partial charge is 0.489 e. The van der Waals surface area contributed by atoms with Crippen LogP contribution in [0.5, 0.6) is 5.75 Å². The number of halogens is 2. The molecule has 1 atom stereocenters. The standard InChI is InChI=1S/C17H23FN4OS.HI/c1-4-16-22-14(11-24-16)10-21-17(19-3)20-9-12(2)23-15-7-5-6-13(18)8-15;/h5-8,11-12H,4,9-10H2,1-3H3,(H2,19,20,21);1H. The molecular formula is C17H24FIN4OS. The number of hydrogen-bond donors (Lipinski definition) is 2. The Balaban J connectivity index is 0.00000312. The molecule has 25 heavy (non-hydrogen) atoms. The van der Waals surface area contributed by atoms with E-state index < -0.39 is 0 Å². The van der Waals surface area contributed by atoms with Gasteiger partial charge in [-0.2, -0.15) is 0 Å². The Labute approximate surface area is 169 Å². The molecule has 0 aliphatic rings. The summed E-state index contributed by atoms with van der Waals surface area (Å²) < 4.78 is 18.8. The van der Waals surface area contributed by atoms with Crippen LogP contribution in [0.15, 0.2) is 34.6 Å². The Hall–Kier alpha value is -1.42. The molecule has 2 aromatic rings. The number of benzene rings is 1. The van der Waals surface area contributed by atoms with Gasteiger partial charge in [-0.1, -0.05) is 13.0 Å². The highest BCUT2D eigenvalue weighted by Gasteiger charge is 2.07. The van der Waals surface area contributed by atoms with Crippen molar-refractivity contribution in [2.75, 3.05) is 13.6 Å². The Morgan fingerprint density at radius 1 is 1.40 bits per heavy atom. The summed E-state index contributed by atoms with van der Waals surface area (Å²) in [4.78, 5) is 8.69. The van der Waals surface area contributed by atoms with Crippen LogP contribution >= 0.6 is 35.3 Å². The number of aromatic nitrogens is 1. The number of guanidine groups is 1. The first-order valence-corrected chi connectivity index (χ1v) is 8.78. The van der Waals surface area contributed by atoms with Crippen molar-refractivity contribution in [2.24, 2.45) is 4.99 Å². The second-order valence-electron chi connectivity index (χ2n) is 5.28. The topological polar surface area (TPSA) is 58.5 Å². The van der Waals surface area contributed by atoms with Crippen LogP contribution in [0.25, 0.3) is 0 Å². The molecule has 1 aromatic heterocycles. The zero-order chi connectivity index (χ0) is 17.4. The minimum absolute atomic E-state index is 0. The van der Waals surface area contributed by atoms with Crippen LogP contribution in [-0.4, -0.2) is 30.6 Å². The lowest BCUT2D eigenvalue weighted by Gasteiger charge is -2.17. The number of nitrogens with one attached hydrogen (secondary N) is 2. The average Bonchev–Trinajstić information content (AvgIpc) is 3.03. The van der Waals surface area contributed by atoms with Crippen LogP contribution in [-0.2, 0) is 13.0 Å².